The van der Waals surface area contributed by atoms with E-state index in [4.69, 9.17) is 4.98 Å². The Kier molecular flexibility index (Phi) is 6.37. The summed E-state index contributed by atoms with van der Waals surface area (Å²) >= 11 is 0. The average Bonchev–Trinajstić information content (AvgIpc) is 2.84. The van der Waals surface area contributed by atoms with Crippen LogP contribution in [0.4, 0.5) is 0 Å². The van der Waals surface area contributed by atoms with Gasteiger partial charge in [0.1, 0.15) is 5.82 Å². The van der Waals surface area contributed by atoms with Gasteiger partial charge in [-0.15, -0.1) is 0 Å². The first-order valence-electron chi connectivity index (χ1n) is 12.7. The van der Waals surface area contributed by atoms with E-state index in [9.17, 15) is 9.59 Å². The molecule has 1 N–H and O–H groups in total. The van der Waals surface area contributed by atoms with Crippen LogP contribution in [0.1, 0.15) is 84.4 Å². The van der Waals surface area contributed by atoms with E-state index in [-0.39, 0.29) is 11.5 Å². The molecule has 1 amide bonds. The van der Waals surface area contributed by atoms with Crippen molar-refractivity contribution in [1.82, 2.24) is 19.8 Å². The van der Waals surface area contributed by atoms with Gasteiger partial charge in [0.15, 0.2) is 0 Å². The zero-order valence-corrected chi connectivity index (χ0v) is 20.0. The number of likely N-dealkylation sites (tertiary alicyclic amines) is 1. The zero-order chi connectivity index (χ0) is 22.9. The first-order chi connectivity index (χ1) is 16.0. The maximum atomic E-state index is 13.0. The van der Waals surface area contributed by atoms with Gasteiger partial charge in [-0.05, 0) is 76.6 Å². The van der Waals surface area contributed by atoms with Gasteiger partial charge in [-0.25, -0.2) is 4.98 Å². The van der Waals surface area contributed by atoms with E-state index >= 15 is 0 Å². The Labute approximate surface area is 196 Å². The second kappa shape index (κ2) is 9.41. The third-order valence-corrected chi connectivity index (χ3v) is 8.09. The van der Waals surface area contributed by atoms with E-state index in [0.717, 1.165) is 55.0 Å². The smallest absolute Gasteiger partial charge is 0.256 e. The van der Waals surface area contributed by atoms with Crippen LogP contribution in [0.2, 0.25) is 0 Å². The fourth-order valence-corrected chi connectivity index (χ4v) is 5.84. The number of rotatable bonds is 3. The Morgan fingerprint density at radius 3 is 2.39 bits per heavy atom. The number of benzene rings is 1. The van der Waals surface area contributed by atoms with Crippen LogP contribution in [0, 0.1) is 12.8 Å². The van der Waals surface area contributed by atoms with Crippen molar-refractivity contribution in [3.05, 3.63) is 62.8 Å². The zero-order valence-electron chi connectivity index (χ0n) is 20.0. The third kappa shape index (κ3) is 4.77. The molecule has 6 heteroatoms. The predicted molar refractivity (Wildman–Crippen MR) is 129 cm³/mol. The van der Waals surface area contributed by atoms with E-state index < -0.39 is 0 Å². The standard InChI is InChI=1S/C27H36N4O2/c1-18-3-7-21(8-4-18)27(33)31-16-13-24-23(17-31)26(32)29-25(28-24)20-11-14-30(15-12-20)22-9-5-19(2)6-10-22/h3-4,7-8,19-20,22H,5-6,9-17H2,1-2H3,(H,28,29,32). The van der Waals surface area contributed by atoms with Crippen LogP contribution in [-0.2, 0) is 13.0 Å². The third-order valence-electron chi connectivity index (χ3n) is 8.09. The van der Waals surface area contributed by atoms with Crippen LogP contribution in [0.15, 0.2) is 29.1 Å². The van der Waals surface area contributed by atoms with Crippen LogP contribution in [-0.4, -0.2) is 51.4 Å². The molecule has 33 heavy (non-hydrogen) atoms. The fraction of sp³-hybridized carbons (Fsp3) is 0.593. The highest BCUT2D eigenvalue weighted by Gasteiger charge is 2.31. The summed E-state index contributed by atoms with van der Waals surface area (Å²) in [6.45, 7) is 7.52. The van der Waals surface area contributed by atoms with E-state index in [1.807, 2.05) is 31.2 Å². The molecule has 0 atom stereocenters. The molecule has 1 saturated carbocycles. The summed E-state index contributed by atoms with van der Waals surface area (Å²) in [5.41, 5.74) is 3.26. The molecule has 1 saturated heterocycles. The number of hydrogen-bond donors (Lipinski definition) is 1. The Morgan fingerprint density at radius 2 is 1.70 bits per heavy atom. The van der Waals surface area contributed by atoms with Crippen molar-refractivity contribution in [1.29, 1.82) is 0 Å². The SMILES string of the molecule is Cc1ccc(C(=O)N2CCc3nc(C4CCN(C5CCC(C)CC5)CC4)[nH]c(=O)c3C2)cc1. The van der Waals surface area contributed by atoms with Crippen molar-refractivity contribution < 1.29 is 4.79 Å². The lowest BCUT2D eigenvalue weighted by Gasteiger charge is -2.40. The highest BCUT2D eigenvalue weighted by Crippen LogP contribution is 2.32. The lowest BCUT2D eigenvalue weighted by Crippen LogP contribution is -2.43. The molecule has 0 radical (unpaired) electrons. The normalized spacial score (nSPS) is 24.5. The summed E-state index contributed by atoms with van der Waals surface area (Å²) in [6.07, 6.45) is 8.14. The number of carbonyl (C=O) groups is 1. The minimum Gasteiger partial charge on any atom is -0.334 e. The van der Waals surface area contributed by atoms with Crippen molar-refractivity contribution in [2.24, 2.45) is 5.92 Å². The van der Waals surface area contributed by atoms with Crippen LogP contribution >= 0.6 is 0 Å². The van der Waals surface area contributed by atoms with Gasteiger partial charge >= 0.3 is 0 Å². The lowest BCUT2D eigenvalue weighted by molar-refractivity contribution is 0.0732. The molecule has 3 aliphatic rings. The number of nitrogens with zero attached hydrogens (tertiary/aromatic N) is 3. The molecule has 2 aromatic rings. The predicted octanol–water partition coefficient (Wildman–Crippen LogP) is 4.03. The number of fused-ring (bicyclic) bond motifs is 1. The van der Waals surface area contributed by atoms with E-state index in [0.29, 0.717) is 36.6 Å². The number of piperidine rings is 1. The largest absolute Gasteiger partial charge is 0.334 e. The molecule has 6 nitrogen and oxygen atoms in total. The Balaban J connectivity index is 1.24. The monoisotopic (exact) mass is 448 g/mol. The van der Waals surface area contributed by atoms with Gasteiger partial charge < -0.3 is 14.8 Å². The maximum Gasteiger partial charge on any atom is 0.256 e. The average molecular weight is 449 g/mol. The van der Waals surface area contributed by atoms with Crippen LogP contribution in [0.5, 0.6) is 0 Å². The van der Waals surface area contributed by atoms with Gasteiger partial charge in [0.05, 0.1) is 17.8 Å². The summed E-state index contributed by atoms with van der Waals surface area (Å²) in [5, 5.41) is 0. The molecule has 5 rings (SSSR count). The van der Waals surface area contributed by atoms with Gasteiger partial charge in [-0.2, -0.15) is 0 Å². The van der Waals surface area contributed by atoms with E-state index in [2.05, 4.69) is 16.8 Å². The number of aromatic amines is 1. The molecule has 0 bridgehead atoms. The molecule has 1 aliphatic carbocycles. The number of H-pyrrole nitrogens is 1. The van der Waals surface area contributed by atoms with Gasteiger partial charge in [0.25, 0.3) is 11.5 Å². The molecule has 3 heterocycles. The van der Waals surface area contributed by atoms with Crippen LogP contribution < -0.4 is 5.56 Å². The molecule has 0 spiro atoms. The number of nitrogens with one attached hydrogen (secondary N) is 1. The van der Waals surface area contributed by atoms with Gasteiger partial charge in [-0.1, -0.05) is 24.6 Å². The van der Waals surface area contributed by atoms with E-state index in [1.165, 1.54) is 25.7 Å². The molecular weight excluding hydrogens is 412 g/mol. The first kappa shape index (κ1) is 22.3. The molecule has 1 aromatic heterocycles. The van der Waals surface area contributed by atoms with Crippen LogP contribution in [0.3, 0.4) is 0 Å². The highest BCUT2D eigenvalue weighted by atomic mass is 16.2. The molecule has 176 valence electrons. The van der Waals surface area contributed by atoms with Crippen molar-refractivity contribution in [2.45, 2.75) is 77.3 Å². The summed E-state index contributed by atoms with van der Waals surface area (Å²) in [6, 6.07) is 8.37. The lowest BCUT2D eigenvalue weighted by atomic mass is 9.85. The van der Waals surface area contributed by atoms with Crippen molar-refractivity contribution in [3.63, 3.8) is 0 Å². The molecular formula is C27H36N4O2. The number of carbonyl (C=O) groups excluding carboxylic acids is 1. The topological polar surface area (TPSA) is 69.3 Å². The molecule has 2 fully saturated rings. The Hall–Kier alpha value is -2.47. The number of aromatic nitrogens is 2. The minimum absolute atomic E-state index is 0.0198. The Morgan fingerprint density at radius 1 is 1.00 bits per heavy atom. The number of hydrogen-bond acceptors (Lipinski definition) is 4. The fourth-order valence-electron chi connectivity index (χ4n) is 5.84. The summed E-state index contributed by atoms with van der Waals surface area (Å²) in [7, 11) is 0. The molecule has 1 aromatic carbocycles. The second-order valence-electron chi connectivity index (χ2n) is 10.4. The second-order valence-corrected chi connectivity index (χ2v) is 10.4. The van der Waals surface area contributed by atoms with Gasteiger partial charge in [-0.3, -0.25) is 9.59 Å². The Bertz CT molecular complexity index is 1040. The number of amides is 1. The van der Waals surface area contributed by atoms with E-state index in [1.54, 1.807) is 4.90 Å². The molecule has 0 unspecified atom stereocenters. The van der Waals surface area contributed by atoms with Crippen molar-refractivity contribution in [3.8, 4) is 0 Å². The van der Waals surface area contributed by atoms with Gasteiger partial charge in [0.2, 0.25) is 0 Å². The highest BCUT2D eigenvalue weighted by molar-refractivity contribution is 5.94. The minimum atomic E-state index is -0.0693. The number of aryl methyl sites for hydroxylation is 1. The van der Waals surface area contributed by atoms with Crippen molar-refractivity contribution >= 4 is 5.91 Å². The summed E-state index contributed by atoms with van der Waals surface area (Å²) < 4.78 is 0. The van der Waals surface area contributed by atoms with Gasteiger partial charge in [0, 0.05) is 30.5 Å². The quantitative estimate of drug-likeness (QED) is 0.770. The first-order valence-corrected chi connectivity index (χ1v) is 12.7. The summed E-state index contributed by atoms with van der Waals surface area (Å²) in [5.74, 6) is 2.04. The van der Waals surface area contributed by atoms with Crippen LogP contribution in [0.25, 0.3) is 0 Å². The summed E-state index contributed by atoms with van der Waals surface area (Å²) in [4.78, 5) is 38.3. The maximum absolute atomic E-state index is 13.0. The van der Waals surface area contributed by atoms with Crippen molar-refractivity contribution in [2.75, 3.05) is 19.6 Å². The molecule has 2 aliphatic heterocycles.